The Balaban J connectivity index is 1.80. The topological polar surface area (TPSA) is 138 Å². The number of hydrogen-bond acceptors (Lipinski definition) is 8. The van der Waals surface area contributed by atoms with Crippen LogP contribution in [0.15, 0.2) is 10.6 Å². The van der Waals surface area contributed by atoms with Gasteiger partial charge in [0.25, 0.3) is 0 Å². The maximum atomic E-state index is 15.6. The Morgan fingerprint density at radius 1 is 1.30 bits per heavy atom. The lowest BCUT2D eigenvalue weighted by Gasteiger charge is -2.55. The molecule has 3 aliphatic rings. The van der Waals surface area contributed by atoms with E-state index in [1.807, 2.05) is 6.07 Å². The zero-order chi connectivity index (χ0) is 21.4. The molecule has 5 rings (SSSR count). The van der Waals surface area contributed by atoms with Gasteiger partial charge in [-0.25, -0.2) is 9.18 Å². The van der Waals surface area contributed by atoms with Gasteiger partial charge in [-0.3, -0.25) is 20.2 Å². The van der Waals surface area contributed by atoms with Gasteiger partial charge in [0.1, 0.15) is 6.07 Å². The van der Waals surface area contributed by atoms with Crippen molar-refractivity contribution < 1.29 is 28.0 Å². The third-order valence-electron chi connectivity index (χ3n) is 6.07. The van der Waals surface area contributed by atoms with Gasteiger partial charge in [0.15, 0.2) is 16.9 Å². The average Bonchev–Trinajstić information content (AvgIpc) is 3.08. The number of benzene rings is 1. The predicted molar refractivity (Wildman–Crippen MR) is 97.6 cm³/mol. The number of nitrogens with zero attached hydrogens (tertiary/aromatic N) is 3. The number of urea groups is 1. The Kier molecular flexibility index (Phi) is 3.70. The summed E-state index contributed by atoms with van der Waals surface area (Å²) in [6.45, 7) is 3.71. The number of imide groups is 2. The molecule has 10 nitrogen and oxygen atoms in total. The molecule has 154 valence electrons. The smallest absolute Gasteiger partial charge is 0.328 e. The Hall–Kier alpha value is -3.52. The number of morpholine rings is 1. The van der Waals surface area contributed by atoms with Crippen molar-refractivity contribution in [3.05, 3.63) is 23.1 Å². The molecule has 11 heteroatoms. The Bertz CT molecular complexity index is 1160. The summed E-state index contributed by atoms with van der Waals surface area (Å²) < 4.78 is 26.5. The monoisotopic (exact) mass is 413 g/mol. The molecule has 3 aliphatic heterocycles. The molecule has 1 aromatic carbocycles. The quantitative estimate of drug-likeness (QED) is 0.603. The van der Waals surface area contributed by atoms with Crippen molar-refractivity contribution in [2.45, 2.75) is 38.5 Å². The Morgan fingerprint density at radius 3 is 2.67 bits per heavy atom. The molecule has 2 aromatic rings. The van der Waals surface area contributed by atoms with Crippen LogP contribution < -0.4 is 15.5 Å². The molecule has 4 heterocycles. The standard InChI is InChI=1S/C19H16FN5O5/c1-7-6-25-13-9(3-10-11(5-21)24-30-14(10)12(13)20)4-19(15(25)8(2)29-7)16(26)22-18(28)23-17(19)27/h3,7-8,15H,4,6H2,1-2H3,(H2,22,23,26,27,28)/t7-,8+,15-/m0/s1. The maximum absolute atomic E-state index is 15.6. The minimum atomic E-state index is -1.72. The van der Waals surface area contributed by atoms with Crippen LogP contribution in [-0.2, 0) is 20.7 Å². The lowest BCUT2D eigenvalue weighted by molar-refractivity contribution is -0.153. The van der Waals surface area contributed by atoms with Gasteiger partial charge in [0, 0.05) is 13.0 Å². The number of halogens is 1. The molecule has 0 saturated carbocycles. The zero-order valence-electron chi connectivity index (χ0n) is 16.0. The molecule has 0 unspecified atom stereocenters. The molecule has 2 fully saturated rings. The van der Waals surface area contributed by atoms with E-state index in [2.05, 4.69) is 15.8 Å². The van der Waals surface area contributed by atoms with Gasteiger partial charge in [-0.05, 0) is 25.5 Å². The van der Waals surface area contributed by atoms with E-state index in [0.717, 1.165) is 0 Å². The summed E-state index contributed by atoms with van der Waals surface area (Å²) in [5, 5.41) is 17.3. The molecular formula is C19H16FN5O5. The number of hydrogen-bond donors (Lipinski definition) is 2. The third kappa shape index (κ3) is 2.19. The number of nitrogens with one attached hydrogen (secondary N) is 2. The highest BCUT2D eigenvalue weighted by molar-refractivity contribution is 6.20. The Labute approximate surface area is 168 Å². The van der Waals surface area contributed by atoms with Crippen LogP contribution in [0.2, 0.25) is 0 Å². The number of aromatic nitrogens is 1. The number of carbonyl (C=O) groups excluding carboxylic acids is 3. The number of amides is 4. The van der Waals surface area contributed by atoms with Crippen molar-refractivity contribution in [2.24, 2.45) is 5.41 Å². The van der Waals surface area contributed by atoms with E-state index >= 15 is 4.39 Å². The van der Waals surface area contributed by atoms with Gasteiger partial charge in [-0.2, -0.15) is 5.26 Å². The summed E-state index contributed by atoms with van der Waals surface area (Å²) in [4.78, 5) is 39.4. The summed E-state index contributed by atoms with van der Waals surface area (Å²) in [6, 6.07) is 1.59. The number of ether oxygens (including phenoxy) is 1. The fourth-order valence-electron chi connectivity index (χ4n) is 5.03. The van der Waals surface area contributed by atoms with E-state index < -0.39 is 41.2 Å². The molecule has 1 spiro atoms. The van der Waals surface area contributed by atoms with E-state index in [4.69, 9.17) is 9.26 Å². The number of barbiturate groups is 1. The molecule has 0 bridgehead atoms. The van der Waals surface area contributed by atoms with Crippen LogP contribution in [0.4, 0.5) is 14.9 Å². The van der Waals surface area contributed by atoms with Gasteiger partial charge in [0.2, 0.25) is 17.4 Å². The first-order chi connectivity index (χ1) is 14.3. The van der Waals surface area contributed by atoms with Crippen LogP contribution >= 0.6 is 0 Å². The highest BCUT2D eigenvalue weighted by Crippen LogP contribution is 2.49. The number of rotatable bonds is 0. The van der Waals surface area contributed by atoms with Gasteiger partial charge < -0.3 is 14.2 Å². The largest absolute Gasteiger partial charge is 0.372 e. The molecular weight excluding hydrogens is 397 g/mol. The molecule has 1 aromatic heterocycles. The second-order valence-electron chi connectivity index (χ2n) is 7.85. The fraction of sp³-hybridized carbons (Fsp3) is 0.421. The first-order valence-electron chi connectivity index (χ1n) is 9.37. The first kappa shape index (κ1) is 18.5. The normalized spacial score (nSPS) is 27.3. The number of anilines is 1. The molecule has 0 radical (unpaired) electrons. The zero-order valence-corrected chi connectivity index (χ0v) is 16.0. The van der Waals surface area contributed by atoms with Crippen LogP contribution in [0.1, 0.15) is 25.1 Å². The van der Waals surface area contributed by atoms with Crippen LogP contribution in [-0.4, -0.2) is 47.8 Å². The van der Waals surface area contributed by atoms with E-state index in [1.54, 1.807) is 18.7 Å². The summed E-state index contributed by atoms with van der Waals surface area (Å²) in [5.74, 6) is -2.26. The molecule has 2 saturated heterocycles. The second-order valence-corrected chi connectivity index (χ2v) is 7.85. The number of nitriles is 1. The van der Waals surface area contributed by atoms with E-state index in [1.165, 1.54) is 6.07 Å². The molecule has 4 amide bonds. The third-order valence-corrected chi connectivity index (χ3v) is 6.07. The predicted octanol–water partition coefficient (Wildman–Crippen LogP) is 0.729. The second kappa shape index (κ2) is 5.99. The van der Waals surface area contributed by atoms with Crippen molar-refractivity contribution >= 4 is 34.5 Å². The molecule has 2 N–H and O–H groups in total. The fourth-order valence-corrected chi connectivity index (χ4v) is 5.03. The van der Waals surface area contributed by atoms with E-state index in [9.17, 15) is 19.6 Å². The maximum Gasteiger partial charge on any atom is 0.328 e. The first-order valence-corrected chi connectivity index (χ1v) is 9.37. The van der Waals surface area contributed by atoms with Gasteiger partial charge in [0.05, 0.1) is 29.3 Å². The molecule has 0 aliphatic carbocycles. The summed E-state index contributed by atoms with van der Waals surface area (Å²) in [6.07, 6.45) is -1.11. The van der Waals surface area contributed by atoms with Crippen molar-refractivity contribution in [2.75, 3.05) is 11.4 Å². The average molecular weight is 413 g/mol. The Morgan fingerprint density at radius 2 is 2.00 bits per heavy atom. The van der Waals surface area contributed by atoms with Crippen molar-refractivity contribution in [3.8, 4) is 6.07 Å². The van der Waals surface area contributed by atoms with Crippen molar-refractivity contribution in [1.82, 2.24) is 15.8 Å². The van der Waals surface area contributed by atoms with E-state index in [0.29, 0.717) is 5.56 Å². The van der Waals surface area contributed by atoms with Crippen LogP contribution in [0.5, 0.6) is 0 Å². The molecule has 3 atom stereocenters. The minimum absolute atomic E-state index is 0.0979. The van der Waals surface area contributed by atoms with Gasteiger partial charge >= 0.3 is 6.03 Å². The number of carbonyl (C=O) groups is 3. The minimum Gasteiger partial charge on any atom is -0.372 e. The SMILES string of the molecule is C[C@H]1CN2c3c(cc4c(C#N)noc4c3F)CC3(C(=O)NC(=O)NC3=O)[C@@H]2[C@@H](C)O1. The molecule has 30 heavy (non-hydrogen) atoms. The summed E-state index contributed by atoms with van der Waals surface area (Å²) in [7, 11) is 0. The summed E-state index contributed by atoms with van der Waals surface area (Å²) >= 11 is 0. The van der Waals surface area contributed by atoms with Gasteiger partial charge in [-0.1, -0.05) is 5.16 Å². The lowest BCUT2D eigenvalue weighted by Crippen LogP contribution is -2.75. The summed E-state index contributed by atoms with van der Waals surface area (Å²) in [5.41, 5.74) is -1.46. The lowest BCUT2D eigenvalue weighted by atomic mass is 9.66. The van der Waals surface area contributed by atoms with Crippen LogP contribution in [0.25, 0.3) is 11.0 Å². The van der Waals surface area contributed by atoms with E-state index in [-0.39, 0.29) is 41.4 Å². The van der Waals surface area contributed by atoms with Crippen LogP contribution in [0, 0.1) is 22.6 Å². The highest BCUT2D eigenvalue weighted by Gasteiger charge is 2.63. The van der Waals surface area contributed by atoms with Crippen molar-refractivity contribution in [1.29, 1.82) is 5.26 Å². The van der Waals surface area contributed by atoms with Crippen LogP contribution in [0.3, 0.4) is 0 Å². The van der Waals surface area contributed by atoms with Crippen molar-refractivity contribution in [3.63, 3.8) is 0 Å². The highest BCUT2D eigenvalue weighted by atomic mass is 19.1. The number of fused-ring (bicyclic) bond motifs is 5. The van der Waals surface area contributed by atoms with Gasteiger partial charge in [-0.15, -0.1) is 0 Å².